The number of halogens is 1. The van der Waals surface area contributed by atoms with E-state index in [1.165, 1.54) is 11.8 Å². The number of hydrogen-bond acceptors (Lipinski definition) is 6. The maximum absolute atomic E-state index is 13.0. The molecule has 0 saturated carbocycles. The van der Waals surface area contributed by atoms with Gasteiger partial charge >= 0.3 is 0 Å². The van der Waals surface area contributed by atoms with Crippen LogP contribution in [0.1, 0.15) is 12.8 Å². The maximum Gasteiger partial charge on any atom is 0.242 e. The van der Waals surface area contributed by atoms with Gasteiger partial charge in [-0.25, -0.2) is 4.99 Å². The number of benzene rings is 2. The Hall–Kier alpha value is -2.55. The van der Waals surface area contributed by atoms with Crippen LogP contribution < -0.4 is 10.1 Å². The first-order valence-corrected chi connectivity index (χ1v) is 11.0. The maximum atomic E-state index is 13.0. The SMILES string of the molecule is COCCCN1C(=O)C(CC(=O)Nc2cccc(Cl)c2)SC1=Nc1ccc(OC)cc1. The predicted octanol–water partition coefficient (Wildman–Crippen LogP) is 4.35. The van der Waals surface area contributed by atoms with Gasteiger partial charge in [0.1, 0.15) is 11.0 Å². The van der Waals surface area contributed by atoms with Crippen LogP contribution in [-0.2, 0) is 14.3 Å². The minimum Gasteiger partial charge on any atom is -0.497 e. The predicted molar refractivity (Wildman–Crippen MR) is 124 cm³/mol. The number of ether oxygens (including phenoxy) is 2. The van der Waals surface area contributed by atoms with Crippen LogP contribution >= 0.6 is 23.4 Å². The summed E-state index contributed by atoms with van der Waals surface area (Å²) >= 11 is 7.27. The molecule has 1 saturated heterocycles. The molecule has 1 aliphatic heterocycles. The number of nitrogens with zero attached hydrogens (tertiary/aromatic N) is 2. The summed E-state index contributed by atoms with van der Waals surface area (Å²) < 4.78 is 10.3. The zero-order chi connectivity index (χ0) is 22.2. The van der Waals surface area contributed by atoms with Crippen molar-refractivity contribution in [1.29, 1.82) is 0 Å². The van der Waals surface area contributed by atoms with Crippen LogP contribution in [0.4, 0.5) is 11.4 Å². The lowest BCUT2D eigenvalue weighted by Crippen LogP contribution is -2.34. The molecule has 1 heterocycles. The third kappa shape index (κ3) is 6.46. The van der Waals surface area contributed by atoms with Gasteiger partial charge < -0.3 is 14.8 Å². The number of carbonyl (C=O) groups is 2. The Balaban J connectivity index is 1.72. The van der Waals surface area contributed by atoms with E-state index >= 15 is 0 Å². The molecule has 2 aromatic carbocycles. The molecule has 2 amide bonds. The van der Waals surface area contributed by atoms with E-state index in [1.54, 1.807) is 43.4 Å². The highest BCUT2D eigenvalue weighted by Gasteiger charge is 2.38. The number of carbonyl (C=O) groups excluding carboxylic acids is 2. The Morgan fingerprint density at radius 1 is 1.23 bits per heavy atom. The topological polar surface area (TPSA) is 80.2 Å². The first-order chi connectivity index (χ1) is 15.0. The van der Waals surface area contributed by atoms with E-state index in [0.29, 0.717) is 41.1 Å². The fourth-order valence-electron chi connectivity index (χ4n) is 3.01. The minimum atomic E-state index is -0.543. The molecule has 9 heteroatoms. The average molecular weight is 462 g/mol. The Labute approximate surface area is 190 Å². The van der Waals surface area contributed by atoms with E-state index in [-0.39, 0.29) is 18.2 Å². The molecule has 1 fully saturated rings. The van der Waals surface area contributed by atoms with Crippen LogP contribution in [0, 0.1) is 0 Å². The second kappa shape index (κ2) is 11.2. The molecular formula is C22H24ClN3O4S. The largest absolute Gasteiger partial charge is 0.497 e. The molecule has 0 bridgehead atoms. The van der Waals surface area contributed by atoms with Gasteiger partial charge in [-0.05, 0) is 48.9 Å². The van der Waals surface area contributed by atoms with Crippen molar-refractivity contribution in [3.63, 3.8) is 0 Å². The van der Waals surface area contributed by atoms with Gasteiger partial charge in [0, 0.05) is 37.4 Å². The summed E-state index contributed by atoms with van der Waals surface area (Å²) in [6.07, 6.45) is 0.713. The van der Waals surface area contributed by atoms with E-state index in [0.717, 1.165) is 5.75 Å². The molecule has 0 aromatic heterocycles. The molecule has 164 valence electrons. The second-order valence-electron chi connectivity index (χ2n) is 6.80. The number of hydrogen-bond donors (Lipinski definition) is 1. The molecule has 0 spiro atoms. The highest BCUT2D eigenvalue weighted by molar-refractivity contribution is 8.15. The van der Waals surface area contributed by atoms with Crippen molar-refractivity contribution in [3.8, 4) is 5.75 Å². The summed E-state index contributed by atoms with van der Waals surface area (Å²) in [5.41, 5.74) is 1.30. The molecule has 3 rings (SSSR count). The summed E-state index contributed by atoms with van der Waals surface area (Å²) in [4.78, 5) is 31.8. The minimum absolute atomic E-state index is 0.0401. The van der Waals surface area contributed by atoms with Crippen LogP contribution in [0.3, 0.4) is 0 Å². The summed E-state index contributed by atoms with van der Waals surface area (Å²) in [5, 5.41) is 3.36. The molecule has 31 heavy (non-hydrogen) atoms. The molecule has 1 aliphatic rings. The summed E-state index contributed by atoms with van der Waals surface area (Å²) in [5.74, 6) is 0.344. The number of methoxy groups -OCH3 is 2. The number of amides is 2. The van der Waals surface area contributed by atoms with Crippen molar-refractivity contribution >= 4 is 51.7 Å². The monoisotopic (exact) mass is 461 g/mol. The van der Waals surface area contributed by atoms with Gasteiger partial charge in [-0.15, -0.1) is 0 Å². The number of rotatable bonds is 9. The molecule has 2 aromatic rings. The van der Waals surface area contributed by atoms with E-state index < -0.39 is 5.25 Å². The van der Waals surface area contributed by atoms with Crippen molar-refractivity contribution in [2.24, 2.45) is 4.99 Å². The van der Waals surface area contributed by atoms with Gasteiger partial charge in [-0.2, -0.15) is 0 Å². The number of anilines is 1. The van der Waals surface area contributed by atoms with E-state index in [4.69, 9.17) is 21.1 Å². The molecule has 1 unspecified atom stereocenters. The summed E-state index contributed by atoms with van der Waals surface area (Å²) in [7, 11) is 3.22. The van der Waals surface area contributed by atoms with Crippen molar-refractivity contribution in [2.45, 2.75) is 18.1 Å². The molecule has 1 N–H and O–H groups in total. The lowest BCUT2D eigenvalue weighted by atomic mass is 10.2. The zero-order valence-corrected chi connectivity index (χ0v) is 18.9. The van der Waals surface area contributed by atoms with Crippen molar-refractivity contribution in [2.75, 3.05) is 32.7 Å². The molecule has 0 radical (unpaired) electrons. The fraction of sp³-hybridized carbons (Fsp3) is 0.318. The lowest BCUT2D eigenvalue weighted by Gasteiger charge is -2.16. The quantitative estimate of drug-likeness (QED) is 0.562. The molecular weight excluding hydrogens is 438 g/mol. The number of aliphatic imine (C=N–C) groups is 1. The zero-order valence-electron chi connectivity index (χ0n) is 17.3. The van der Waals surface area contributed by atoms with E-state index in [9.17, 15) is 9.59 Å². The van der Waals surface area contributed by atoms with Crippen LogP contribution in [0.15, 0.2) is 53.5 Å². The average Bonchev–Trinajstić information content (AvgIpc) is 3.03. The number of amidine groups is 1. The van der Waals surface area contributed by atoms with Crippen LogP contribution in [0.25, 0.3) is 0 Å². The molecule has 0 aliphatic carbocycles. The fourth-order valence-corrected chi connectivity index (χ4v) is 4.39. The highest BCUT2D eigenvalue weighted by atomic mass is 35.5. The van der Waals surface area contributed by atoms with Crippen molar-refractivity contribution in [1.82, 2.24) is 4.90 Å². The molecule has 1 atom stereocenters. The highest BCUT2D eigenvalue weighted by Crippen LogP contribution is 2.32. The third-order valence-electron chi connectivity index (χ3n) is 4.53. The van der Waals surface area contributed by atoms with Gasteiger partial charge in [0.25, 0.3) is 0 Å². The Morgan fingerprint density at radius 2 is 2.00 bits per heavy atom. The van der Waals surface area contributed by atoms with Crippen molar-refractivity contribution in [3.05, 3.63) is 53.6 Å². The summed E-state index contributed by atoms with van der Waals surface area (Å²) in [6, 6.07) is 14.2. The van der Waals surface area contributed by atoms with Crippen LogP contribution in [-0.4, -0.2) is 54.5 Å². The van der Waals surface area contributed by atoms with E-state index in [2.05, 4.69) is 10.3 Å². The standard InChI is InChI=1S/C22H24ClN3O4S/c1-29-12-4-11-26-21(28)19(14-20(27)24-17-6-3-5-15(23)13-17)31-22(26)25-16-7-9-18(30-2)10-8-16/h3,5-10,13,19H,4,11-12,14H2,1-2H3,(H,24,27). The van der Waals surface area contributed by atoms with Gasteiger partial charge in [0.15, 0.2) is 5.17 Å². The number of nitrogens with one attached hydrogen (secondary N) is 1. The Bertz CT molecular complexity index is 952. The molecule has 7 nitrogen and oxygen atoms in total. The number of thioether (sulfide) groups is 1. The lowest BCUT2D eigenvalue weighted by molar-refractivity contribution is -0.128. The van der Waals surface area contributed by atoms with Gasteiger partial charge in [-0.1, -0.05) is 29.4 Å². The summed E-state index contributed by atoms with van der Waals surface area (Å²) in [6.45, 7) is 1.01. The Kier molecular flexibility index (Phi) is 8.34. The second-order valence-corrected chi connectivity index (χ2v) is 8.40. The first-order valence-electron chi connectivity index (χ1n) is 9.75. The first kappa shape index (κ1) is 23.1. The van der Waals surface area contributed by atoms with Gasteiger partial charge in [0.05, 0.1) is 12.8 Å². The third-order valence-corrected chi connectivity index (χ3v) is 5.94. The normalized spacial score (nSPS) is 17.3. The van der Waals surface area contributed by atoms with Crippen LogP contribution in [0.2, 0.25) is 5.02 Å². The van der Waals surface area contributed by atoms with Gasteiger partial charge in [-0.3, -0.25) is 14.5 Å². The van der Waals surface area contributed by atoms with Crippen LogP contribution in [0.5, 0.6) is 5.75 Å². The Morgan fingerprint density at radius 3 is 2.68 bits per heavy atom. The van der Waals surface area contributed by atoms with E-state index in [1.807, 2.05) is 24.3 Å². The smallest absolute Gasteiger partial charge is 0.242 e. The van der Waals surface area contributed by atoms with Gasteiger partial charge in [0.2, 0.25) is 11.8 Å². The van der Waals surface area contributed by atoms with Crippen molar-refractivity contribution < 1.29 is 19.1 Å².